The van der Waals surface area contributed by atoms with Gasteiger partial charge in [-0.2, -0.15) is 18.4 Å². The Balaban J connectivity index is 0.804. The van der Waals surface area contributed by atoms with Gasteiger partial charge in [0.2, 0.25) is 11.8 Å². The van der Waals surface area contributed by atoms with Gasteiger partial charge in [0, 0.05) is 51.4 Å². The standard InChI is InChI=1S/C43H53F3N4O12/c1-42(2)28-49(41(55)37(42)62-30-11-10-29(27-47)32(26-30)43(44,45)46)14-19-60-23-22-58-17-4-3-15-56-20-21-57-16-5-6-18-59-24-25-61-34-9-7-8-31-36(34)40(54)50(39(31)53)33-12-13-35(51)48-38(33)52/h7-11,26,33,37H,3-6,12-25,28H2,1-2H3,(H,48,51,52). The molecule has 0 saturated carbocycles. The van der Waals surface area contributed by atoms with Gasteiger partial charge in [-0.3, -0.25) is 34.2 Å². The average Bonchev–Trinajstić information content (AvgIpc) is 3.61. The molecule has 0 spiro atoms. The first kappa shape index (κ1) is 47.9. The number of ether oxygens (including phenoxy) is 7. The predicted octanol–water partition coefficient (Wildman–Crippen LogP) is 4.32. The van der Waals surface area contributed by atoms with Crippen LogP contribution in [0.1, 0.15) is 84.2 Å². The van der Waals surface area contributed by atoms with Crippen LogP contribution in [0.4, 0.5) is 13.2 Å². The highest BCUT2D eigenvalue weighted by molar-refractivity contribution is 6.24. The van der Waals surface area contributed by atoms with Gasteiger partial charge in [0.1, 0.15) is 24.1 Å². The summed E-state index contributed by atoms with van der Waals surface area (Å²) in [6.07, 6.45) is -2.41. The lowest BCUT2D eigenvalue weighted by Gasteiger charge is -2.27. The molecule has 62 heavy (non-hydrogen) atoms. The van der Waals surface area contributed by atoms with Crippen molar-refractivity contribution in [3.63, 3.8) is 0 Å². The molecule has 0 radical (unpaired) electrons. The summed E-state index contributed by atoms with van der Waals surface area (Å²) in [5, 5.41) is 11.2. The van der Waals surface area contributed by atoms with Crippen molar-refractivity contribution >= 4 is 29.5 Å². The van der Waals surface area contributed by atoms with E-state index in [4.69, 9.17) is 38.4 Å². The second-order valence-corrected chi connectivity index (χ2v) is 15.5. The molecule has 2 saturated heterocycles. The first-order chi connectivity index (χ1) is 29.7. The Labute approximate surface area is 357 Å². The lowest BCUT2D eigenvalue weighted by atomic mass is 9.89. The summed E-state index contributed by atoms with van der Waals surface area (Å²) in [7, 11) is 0. The number of alkyl halides is 3. The number of hydrogen-bond donors (Lipinski definition) is 1. The zero-order chi connectivity index (χ0) is 44.7. The Morgan fingerprint density at radius 2 is 1.39 bits per heavy atom. The van der Waals surface area contributed by atoms with Crippen molar-refractivity contribution in [2.75, 3.05) is 85.8 Å². The minimum Gasteiger partial charge on any atom is -0.490 e. The number of nitriles is 1. The Bertz CT molecular complexity index is 1940. The minimum atomic E-state index is -4.73. The van der Waals surface area contributed by atoms with E-state index in [9.17, 15) is 37.1 Å². The van der Waals surface area contributed by atoms with Gasteiger partial charge >= 0.3 is 6.18 Å². The van der Waals surface area contributed by atoms with E-state index >= 15 is 0 Å². The number of benzene rings is 2. The molecule has 5 rings (SSSR count). The molecule has 1 N–H and O–H groups in total. The summed E-state index contributed by atoms with van der Waals surface area (Å²) in [6.45, 7) is 8.77. The molecule has 0 aliphatic carbocycles. The predicted molar refractivity (Wildman–Crippen MR) is 212 cm³/mol. The van der Waals surface area contributed by atoms with E-state index < -0.39 is 58.5 Å². The van der Waals surface area contributed by atoms with Crippen LogP contribution in [0, 0.1) is 16.7 Å². The fraction of sp³-hybridized carbons (Fsp3) is 0.581. The summed E-state index contributed by atoms with van der Waals surface area (Å²) < 4.78 is 79.8. The molecule has 3 heterocycles. The Morgan fingerprint density at radius 3 is 1.97 bits per heavy atom. The molecule has 16 nitrogen and oxygen atoms in total. The monoisotopic (exact) mass is 874 g/mol. The second-order valence-electron chi connectivity index (χ2n) is 15.5. The maximum absolute atomic E-state index is 13.4. The highest BCUT2D eigenvalue weighted by Crippen LogP contribution is 2.38. The highest BCUT2D eigenvalue weighted by atomic mass is 19.4. The van der Waals surface area contributed by atoms with Crippen LogP contribution in [-0.4, -0.2) is 137 Å². The van der Waals surface area contributed by atoms with Gasteiger partial charge in [-0.15, -0.1) is 0 Å². The van der Waals surface area contributed by atoms with Crippen LogP contribution < -0.4 is 14.8 Å². The average molecular weight is 875 g/mol. The van der Waals surface area contributed by atoms with Crippen LogP contribution in [0.25, 0.3) is 0 Å². The van der Waals surface area contributed by atoms with E-state index in [1.165, 1.54) is 18.2 Å². The fourth-order valence-electron chi connectivity index (χ4n) is 7.17. The largest absolute Gasteiger partial charge is 0.490 e. The normalized spacial score (nSPS) is 18.6. The lowest BCUT2D eigenvalue weighted by molar-refractivity contribution is -0.138. The molecule has 2 unspecified atom stereocenters. The number of piperidine rings is 1. The summed E-state index contributed by atoms with van der Waals surface area (Å²) in [6, 6.07) is 8.24. The van der Waals surface area contributed by atoms with Crippen molar-refractivity contribution in [1.29, 1.82) is 5.26 Å². The third-order valence-corrected chi connectivity index (χ3v) is 10.3. The van der Waals surface area contributed by atoms with Gasteiger partial charge < -0.3 is 38.1 Å². The number of rotatable bonds is 26. The van der Waals surface area contributed by atoms with Crippen molar-refractivity contribution in [3.05, 3.63) is 58.7 Å². The minimum absolute atomic E-state index is 0.0412. The summed E-state index contributed by atoms with van der Waals surface area (Å²) in [4.78, 5) is 65.5. The van der Waals surface area contributed by atoms with Crippen LogP contribution in [0.3, 0.4) is 0 Å². The van der Waals surface area contributed by atoms with Gasteiger partial charge in [-0.1, -0.05) is 19.9 Å². The van der Waals surface area contributed by atoms with Crippen LogP contribution >= 0.6 is 0 Å². The van der Waals surface area contributed by atoms with Gasteiger partial charge in [0.25, 0.3) is 17.7 Å². The maximum atomic E-state index is 13.4. The number of carbonyl (C=O) groups excluding carboxylic acids is 5. The number of likely N-dealkylation sites (tertiary alicyclic amines) is 1. The Morgan fingerprint density at radius 1 is 0.790 bits per heavy atom. The van der Waals surface area contributed by atoms with Gasteiger partial charge in [-0.05, 0) is 62.4 Å². The van der Waals surface area contributed by atoms with Crippen molar-refractivity contribution in [1.82, 2.24) is 15.1 Å². The topological polar surface area (TPSA) is 192 Å². The number of unbranched alkanes of at least 4 members (excludes halogenated alkanes) is 2. The van der Waals surface area contributed by atoms with Crippen molar-refractivity contribution < 1.29 is 70.3 Å². The van der Waals surface area contributed by atoms with E-state index in [0.717, 1.165) is 42.7 Å². The fourth-order valence-corrected chi connectivity index (χ4v) is 7.17. The number of nitrogens with zero attached hydrogens (tertiary/aromatic N) is 3. The summed E-state index contributed by atoms with van der Waals surface area (Å²) >= 11 is 0. The quantitative estimate of drug-likeness (QED) is 0.104. The van der Waals surface area contributed by atoms with E-state index in [2.05, 4.69) is 5.32 Å². The smallest absolute Gasteiger partial charge is 0.417 e. The third-order valence-electron chi connectivity index (χ3n) is 10.3. The highest BCUT2D eigenvalue weighted by Gasteiger charge is 2.48. The number of halogens is 3. The zero-order valence-corrected chi connectivity index (χ0v) is 34.9. The lowest BCUT2D eigenvalue weighted by Crippen LogP contribution is -2.54. The number of hydrogen-bond acceptors (Lipinski definition) is 13. The summed E-state index contributed by atoms with van der Waals surface area (Å²) in [5.74, 6) is -2.57. The SMILES string of the molecule is CC1(C)CN(CCOCCOCCCCOCCOCCCCOCCOc2cccc3c2C(=O)N(C2CCC(=O)NC2=O)C3=O)C(=O)C1Oc1ccc(C#N)c(C(F)(F)F)c1. The van der Waals surface area contributed by atoms with Crippen molar-refractivity contribution in [2.45, 2.75) is 70.7 Å². The second kappa shape index (κ2) is 22.8. The number of nitrogens with one attached hydrogen (secondary N) is 1. The molecule has 3 aliphatic rings. The Hall–Kier alpha value is -5.13. The van der Waals surface area contributed by atoms with Crippen molar-refractivity contribution in [3.8, 4) is 17.6 Å². The molecule has 338 valence electrons. The number of carbonyl (C=O) groups is 5. The maximum Gasteiger partial charge on any atom is 0.417 e. The van der Waals surface area contributed by atoms with Crippen molar-refractivity contribution in [2.24, 2.45) is 5.41 Å². The Kier molecular flexibility index (Phi) is 17.6. The number of imide groups is 2. The van der Waals surface area contributed by atoms with Crippen LogP contribution in [-0.2, 0) is 44.2 Å². The van der Waals surface area contributed by atoms with E-state index in [-0.39, 0.29) is 61.2 Å². The molecule has 0 aromatic heterocycles. The van der Waals surface area contributed by atoms with Gasteiger partial charge in [0.05, 0.1) is 68.0 Å². The molecule has 0 bridgehead atoms. The molecular formula is C43H53F3N4O12. The molecule has 19 heteroatoms. The third kappa shape index (κ3) is 13.0. The van der Waals surface area contributed by atoms with Crippen LogP contribution in [0.15, 0.2) is 36.4 Å². The molecule has 2 atom stereocenters. The van der Waals surface area contributed by atoms with E-state index in [1.807, 2.05) is 0 Å². The summed E-state index contributed by atoms with van der Waals surface area (Å²) in [5.41, 5.74) is -2.05. The van der Waals surface area contributed by atoms with Gasteiger partial charge in [-0.25, -0.2) is 0 Å². The first-order valence-electron chi connectivity index (χ1n) is 20.7. The molecule has 2 aromatic rings. The van der Waals surface area contributed by atoms with E-state index in [0.29, 0.717) is 65.9 Å². The van der Waals surface area contributed by atoms with Crippen LogP contribution in [0.2, 0.25) is 0 Å². The molecule has 2 fully saturated rings. The molecule has 5 amide bonds. The molecule has 2 aromatic carbocycles. The molecule has 3 aliphatic heterocycles. The zero-order valence-electron chi connectivity index (χ0n) is 34.9. The molecular weight excluding hydrogens is 821 g/mol. The number of amides is 5. The van der Waals surface area contributed by atoms with E-state index in [1.54, 1.807) is 30.9 Å². The first-order valence-corrected chi connectivity index (χ1v) is 20.7. The van der Waals surface area contributed by atoms with Crippen LogP contribution in [0.5, 0.6) is 11.5 Å². The number of fused-ring (bicyclic) bond motifs is 1. The van der Waals surface area contributed by atoms with Gasteiger partial charge in [0.15, 0.2) is 6.10 Å².